The molecular weight excluding hydrogens is 328 g/mol. The van der Waals surface area contributed by atoms with Gasteiger partial charge >= 0.3 is 0 Å². The largest absolute Gasteiger partial charge is 0.491 e. The molecule has 128 valence electrons. The lowest BCUT2D eigenvalue weighted by Crippen LogP contribution is -2.22. The monoisotopic (exact) mass is 350 g/mol. The summed E-state index contributed by atoms with van der Waals surface area (Å²) in [5, 5.41) is 0. The van der Waals surface area contributed by atoms with Crippen molar-refractivity contribution in [1.82, 2.24) is 0 Å². The van der Waals surface area contributed by atoms with Crippen molar-refractivity contribution in [2.45, 2.75) is 31.2 Å². The van der Waals surface area contributed by atoms with E-state index in [0.717, 1.165) is 28.9 Å². The lowest BCUT2D eigenvalue weighted by atomic mass is 9.84. The first-order chi connectivity index (χ1) is 12.1. The maximum atomic E-state index is 7.26. The van der Waals surface area contributed by atoms with Crippen LogP contribution in [0, 0.1) is 0 Å². The van der Waals surface area contributed by atoms with E-state index in [-0.39, 0.29) is 6.10 Å². The van der Waals surface area contributed by atoms with E-state index in [9.17, 15) is 0 Å². The maximum absolute atomic E-state index is 7.26. The Morgan fingerprint density at radius 2 is 1.20 bits per heavy atom. The molecule has 0 aromatic heterocycles. The molecule has 0 saturated heterocycles. The molecule has 1 atom stereocenters. The lowest BCUT2D eigenvalue weighted by Gasteiger charge is -2.29. The van der Waals surface area contributed by atoms with E-state index in [1.807, 2.05) is 48.5 Å². The number of ether oxygens (including phenoxy) is 1. The highest BCUT2D eigenvalue weighted by molar-refractivity contribution is 6.28. The standard InChI is InChI=1S/C23H23ClO/c1-3-18(2)25-22-16-14-21(15-17-22)23(24,19-10-6-4-7-11-19)20-12-8-5-9-13-20/h4-18H,3H2,1-2H3. The number of halogens is 1. The van der Waals surface area contributed by atoms with Gasteiger partial charge in [-0.25, -0.2) is 0 Å². The summed E-state index contributed by atoms with van der Waals surface area (Å²) >= 11 is 7.26. The van der Waals surface area contributed by atoms with Crippen LogP contribution in [0.25, 0.3) is 0 Å². The molecule has 1 unspecified atom stereocenters. The zero-order valence-electron chi connectivity index (χ0n) is 14.7. The van der Waals surface area contributed by atoms with Gasteiger partial charge in [0.25, 0.3) is 0 Å². The fourth-order valence-corrected chi connectivity index (χ4v) is 3.29. The van der Waals surface area contributed by atoms with E-state index in [0.29, 0.717) is 0 Å². The van der Waals surface area contributed by atoms with Crippen LogP contribution in [0.2, 0.25) is 0 Å². The van der Waals surface area contributed by atoms with Crippen LogP contribution in [0.1, 0.15) is 37.0 Å². The Bertz CT molecular complexity index is 742. The molecule has 0 saturated carbocycles. The van der Waals surface area contributed by atoms with Gasteiger partial charge in [-0.15, -0.1) is 11.6 Å². The Kier molecular flexibility index (Phi) is 5.45. The Labute approximate surface area is 155 Å². The van der Waals surface area contributed by atoms with Crippen LogP contribution in [0.3, 0.4) is 0 Å². The molecule has 25 heavy (non-hydrogen) atoms. The average Bonchev–Trinajstić information content (AvgIpc) is 2.69. The van der Waals surface area contributed by atoms with Gasteiger partial charge in [-0.2, -0.15) is 0 Å². The van der Waals surface area contributed by atoms with Crippen LogP contribution >= 0.6 is 11.6 Å². The minimum Gasteiger partial charge on any atom is -0.491 e. The van der Waals surface area contributed by atoms with Gasteiger partial charge in [-0.1, -0.05) is 79.7 Å². The zero-order chi connectivity index (χ0) is 17.7. The number of rotatable bonds is 6. The van der Waals surface area contributed by atoms with E-state index in [2.05, 4.69) is 50.2 Å². The maximum Gasteiger partial charge on any atom is 0.119 e. The summed E-state index contributed by atoms with van der Waals surface area (Å²) in [5.74, 6) is 0.873. The molecular formula is C23H23ClO. The highest BCUT2D eigenvalue weighted by atomic mass is 35.5. The van der Waals surface area contributed by atoms with Crippen molar-refractivity contribution in [3.63, 3.8) is 0 Å². The molecule has 3 aromatic rings. The van der Waals surface area contributed by atoms with E-state index in [4.69, 9.17) is 16.3 Å². The summed E-state index contributed by atoms with van der Waals surface area (Å²) in [6.07, 6.45) is 1.18. The van der Waals surface area contributed by atoms with Crippen LogP contribution in [0.5, 0.6) is 5.75 Å². The number of hydrogen-bond acceptors (Lipinski definition) is 1. The van der Waals surface area contributed by atoms with E-state index in [1.54, 1.807) is 0 Å². The minimum atomic E-state index is -0.725. The number of hydrogen-bond donors (Lipinski definition) is 0. The van der Waals surface area contributed by atoms with Gasteiger partial charge in [0, 0.05) is 0 Å². The second-order valence-corrected chi connectivity index (χ2v) is 6.82. The van der Waals surface area contributed by atoms with Crippen LogP contribution < -0.4 is 4.74 Å². The van der Waals surface area contributed by atoms with Gasteiger partial charge in [0.1, 0.15) is 10.6 Å². The first-order valence-electron chi connectivity index (χ1n) is 8.71. The fourth-order valence-electron chi connectivity index (χ4n) is 2.91. The van der Waals surface area contributed by atoms with Crippen molar-refractivity contribution >= 4 is 11.6 Å². The molecule has 3 aromatic carbocycles. The van der Waals surface area contributed by atoms with E-state index >= 15 is 0 Å². The summed E-state index contributed by atoms with van der Waals surface area (Å²) in [4.78, 5) is -0.725. The summed E-state index contributed by atoms with van der Waals surface area (Å²) < 4.78 is 5.90. The van der Waals surface area contributed by atoms with Crippen LogP contribution in [-0.4, -0.2) is 6.10 Å². The molecule has 0 aliphatic rings. The molecule has 0 N–H and O–H groups in total. The second kappa shape index (κ2) is 7.76. The Morgan fingerprint density at radius 1 is 0.760 bits per heavy atom. The van der Waals surface area contributed by atoms with Crippen molar-refractivity contribution in [3.8, 4) is 5.75 Å². The molecule has 3 rings (SSSR count). The third kappa shape index (κ3) is 3.72. The first kappa shape index (κ1) is 17.6. The van der Waals surface area contributed by atoms with Crippen molar-refractivity contribution in [3.05, 3.63) is 102 Å². The highest BCUT2D eigenvalue weighted by Gasteiger charge is 2.33. The molecule has 2 heteroatoms. The summed E-state index contributed by atoms with van der Waals surface area (Å²) in [6, 6.07) is 28.5. The summed E-state index contributed by atoms with van der Waals surface area (Å²) in [5.41, 5.74) is 3.14. The van der Waals surface area contributed by atoms with Gasteiger partial charge in [-0.05, 0) is 42.2 Å². The first-order valence-corrected chi connectivity index (χ1v) is 9.09. The van der Waals surface area contributed by atoms with Crippen LogP contribution in [0.4, 0.5) is 0 Å². The van der Waals surface area contributed by atoms with Gasteiger partial charge < -0.3 is 4.74 Å². The SMILES string of the molecule is CCC(C)Oc1ccc(C(Cl)(c2ccccc2)c2ccccc2)cc1. The predicted octanol–water partition coefficient (Wildman–Crippen LogP) is 6.39. The van der Waals surface area contributed by atoms with Crippen LogP contribution in [0.15, 0.2) is 84.9 Å². The minimum absolute atomic E-state index is 0.204. The molecule has 0 bridgehead atoms. The van der Waals surface area contributed by atoms with Gasteiger partial charge in [0.05, 0.1) is 6.10 Å². The predicted molar refractivity (Wildman–Crippen MR) is 105 cm³/mol. The van der Waals surface area contributed by atoms with E-state index in [1.165, 1.54) is 0 Å². The topological polar surface area (TPSA) is 9.23 Å². The molecule has 0 aliphatic carbocycles. The fraction of sp³-hybridized carbons (Fsp3) is 0.217. The van der Waals surface area contributed by atoms with Gasteiger partial charge in [0.15, 0.2) is 0 Å². The normalized spacial score (nSPS) is 12.6. The van der Waals surface area contributed by atoms with Gasteiger partial charge in [0.2, 0.25) is 0 Å². The molecule has 0 radical (unpaired) electrons. The Hall–Kier alpha value is -2.25. The zero-order valence-corrected chi connectivity index (χ0v) is 15.4. The molecule has 0 heterocycles. The van der Waals surface area contributed by atoms with Gasteiger partial charge in [-0.3, -0.25) is 0 Å². The second-order valence-electron chi connectivity index (χ2n) is 6.25. The quantitative estimate of drug-likeness (QED) is 0.369. The van der Waals surface area contributed by atoms with Crippen LogP contribution in [-0.2, 0) is 4.87 Å². The lowest BCUT2D eigenvalue weighted by molar-refractivity contribution is 0.217. The third-order valence-corrected chi connectivity index (χ3v) is 5.16. The Morgan fingerprint density at radius 3 is 1.64 bits per heavy atom. The molecule has 0 amide bonds. The van der Waals surface area contributed by atoms with Crippen molar-refractivity contribution in [1.29, 1.82) is 0 Å². The molecule has 0 spiro atoms. The smallest absolute Gasteiger partial charge is 0.119 e. The molecule has 1 nitrogen and oxygen atoms in total. The van der Waals surface area contributed by atoms with Crippen molar-refractivity contribution < 1.29 is 4.74 Å². The number of alkyl halides is 1. The summed E-state index contributed by atoms with van der Waals surface area (Å²) in [6.45, 7) is 4.20. The molecule has 0 aliphatic heterocycles. The summed E-state index contributed by atoms with van der Waals surface area (Å²) in [7, 11) is 0. The van der Waals surface area contributed by atoms with E-state index < -0.39 is 4.87 Å². The average molecular weight is 351 g/mol. The third-order valence-electron chi connectivity index (χ3n) is 4.51. The number of benzene rings is 3. The van der Waals surface area contributed by atoms with Crippen molar-refractivity contribution in [2.24, 2.45) is 0 Å². The molecule has 0 fully saturated rings. The Balaban J connectivity index is 2.04. The highest BCUT2D eigenvalue weighted by Crippen LogP contribution is 2.43. The van der Waals surface area contributed by atoms with Crippen molar-refractivity contribution in [2.75, 3.05) is 0 Å².